The van der Waals surface area contributed by atoms with E-state index in [2.05, 4.69) is 31.9 Å². The van der Waals surface area contributed by atoms with E-state index in [0.29, 0.717) is 18.6 Å². The summed E-state index contributed by atoms with van der Waals surface area (Å²) in [4.78, 5) is 2.39. The Morgan fingerprint density at radius 1 is 1.48 bits per heavy atom. The van der Waals surface area contributed by atoms with E-state index in [4.69, 9.17) is 22.1 Å². The van der Waals surface area contributed by atoms with Crippen LogP contribution in [0.4, 0.5) is 0 Å². The Morgan fingerprint density at radius 3 is 2.86 bits per heavy atom. The van der Waals surface area contributed by atoms with Crippen molar-refractivity contribution in [2.75, 3.05) is 20.2 Å². The molecule has 2 rings (SSSR count). The average Bonchev–Trinajstić information content (AvgIpc) is 2.47. The van der Waals surface area contributed by atoms with Crippen LogP contribution in [0.15, 0.2) is 24.3 Å². The molecule has 1 aliphatic heterocycles. The fraction of sp³-hybridized carbons (Fsp3) is 0.647. The van der Waals surface area contributed by atoms with Crippen LogP contribution in [0.3, 0.4) is 0 Å². The molecule has 21 heavy (non-hydrogen) atoms. The Hall–Kier alpha value is -0.610. The maximum Gasteiger partial charge on any atom is 0.0616 e. The number of rotatable bonds is 5. The third-order valence-electron chi connectivity index (χ3n) is 4.72. The lowest BCUT2D eigenvalue weighted by molar-refractivity contribution is -0.0834. The first-order valence-corrected chi connectivity index (χ1v) is 8.12. The molecule has 0 bridgehead atoms. The van der Waals surface area contributed by atoms with Gasteiger partial charge in [0.15, 0.2) is 0 Å². The Bertz CT molecular complexity index is 466. The summed E-state index contributed by atoms with van der Waals surface area (Å²) >= 11 is 6.08. The summed E-state index contributed by atoms with van der Waals surface area (Å²) in [5, 5.41) is 0.787. The average molecular weight is 311 g/mol. The maximum absolute atomic E-state index is 6.16. The van der Waals surface area contributed by atoms with Gasteiger partial charge in [0.25, 0.3) is 0 Å². The fourth-order valence-electron chi connectivity index (χ4n) is 3.13. The number of hydrogen-bond acceptors (Lipinski definition) is 3. The number of halogens is 1. The quantitative estimate of drug-likeness (QED) is 0.907. The lowest BCUT2D eigenvalue weighted by Crippen LogP contribution is -2.57. The van der Waals surface area contributed by atoms with E-state index in [1.165, 1.54) is 5.56 Å². The monoisotopic (exact) mass is 310 g/mol. The summed E-state index contributed by atoms with van der Waals surface area (Å²) in [5.74, 6) is 0.524. The van der Waals surface area contributed by atoms with E-state index < -0.39 is 0 Å². The molecule has 0 aromatic heterocycles. The van der Waals surface area contributed by atoms with Crippen LogP contribution in [0, 0.1) is 5.92 Å². The van der Waals surface area contributed by atoms with Gasteiger partial charge in [0.05, 0.1) is 6.10 Å². The van der Waals surface area contributed by atoms with Gasteiger partial charge in [0, 0.05) is 30.3 Å². The van der Waals surface area contributed by atoms with Crippen molar-refractivity contribution < 1.29 is 4.74 Å². The third-order valence-corrected chi connectivity index (χ3v) is 4.96. The molecule has 118 valence electrons. The van der Waals surface area contributed by atoms with E-state index >= 15 is 0 Å². The molecule has 0 radical (unpaired) electrons. The second-order valence-corrected chi connectivity index (χ2v) is 6.96. The van der Waals surface area contributed by atoms with Gasteiger partial charge in [0.1, 0.15) is 0 Å². The van der Waals surface area contributed by atoms with Crippen molar-refractivity contribution in [2.45, 2.75) is 44.9 Å². The molecule has 1 saturated heterocycles. The first-order valence-electron chi connectivity index (χ1n) is 7.74. The minimum absolute atomic E-state index is 0.0233. The number of hydrogen-bond donors (Lipinski definition) is 1. The molecule has 2 N–H and O–H groups in total. The molecule has 4 heteroatoms. The molecule has 1 heterocycles. The van der Waals surface area contributed by atoms with Crippen molar-refractivity contribution in [1.29, 1.82) is 0 Å². The predicted molar refractivity (Wildman–Crippen MR) is 88.5 cm³/mol. The lowest BCUT2D eigenvalue weighted by Gasteiger charge is -2.47. The fourth-order valence-corrected chi connectivity index (χ4v) is 3.34. The zero-order valence-electron chi connectivity index (χ0n) is 13.3. The topological polar surface area (TPSA) is 38.5 Å². The van der Waals surface area contributed by atoms with Crippen molar-refractivity contribution in [3.63, 3.8) is 0 Å². The van der Waals surface area contributed by atoms with Gasteiger partial charge >= 0.3 is 0 Å². The first-order chi connectivity index (χ1) is 9.97. The SMILES string of the molecule is CC(C)C1CC(CN)(N(C)Cc2cccc(Cl)c2)CCO1. The normalized spacial score (nSPS) is 26.5. The number of nitrogens with zero attached hydrogens (tertiary/aromatic N) is 1. The van der Waals surface area contributed by atoms with Crippen LogP contribution in [-0.4, -0.2) is 36.7 Å². The zero-order chi connectivity index (χ0) is 15.5. The van der Waals surface area contributed by atoms with Crippen LogP contribution in [-0.2, 0) is 11.3 Å². The van der Waals surface area contributed by atoms with Gasteiger partial charge in [-0.3, -0.25) is 4.90 Å². The van der Waals surface area contributed by atoms with E-state index in [-0.39, 0.29) is 5.54 Å². The Morgan fingerprint density at radius 2 is 2.24 bits per heavy atom. The number of ether oxygens (including phenoxy) is 1. The van der Waals surface area contributed by atoms with Gasteiger partial charge in [-0.2, -0.15) is 0 Å². The standard InChI is InChI=1S/C17H27ClN2O/c1-13(2)16-10-17(12-19,7-8-21-16)20(3)11-14-5-4-6-15(18)9-14/h4-6,9,13,16H,7-8,10-12,19H2,1-3H3. The Labute approximate surface area is 133 Å². The highest BCUT2D eigenvalue weighted by atomic mass is 35.5. The Kier molecular flexibility index (Phi) is 5.67. The number of likely N-dealkylation sites (N-methyl/N-ethyl adjacent to an activating group) is 1. The largest absolute Gasteiger partial charge is 0.378 e. The van der Waals surface area contributed by atoms with Crippen molar-refractivity contribution in [1.82, 2.24) is 4.90 Å². The molecule has 0 spiro atoms. The lowest BCUT2D eigenvalue weighted by atomic mass is 9.82. The summed E-state index contributed by atoms with van der Waals surface area (Å²) in [5.41, 5.74) is 7.41. The van der Waals surface area contributed by atoms with Crippen molar-refractivity contribution in [3.8, 4) is 0 Å². The predicted octanol–water partition coefficient (Wildman–Crippen LogP) is 3.30. The van der Waals surface area contributed by atoms with Gasteiger partial charge in [-0.1, -0.05) is 37.6 Å². The molecule has 2 unspecified atom stereocenters. The molecule has 1 fully saturated rings. The zero-order valence-corrected chi connectivity index (χ0v) is 14.1. The Balaban J connectivity index is 2.11. The summed E-state index contributed by atoms with van der Waals surface area (Å²) in [6, 6.07) is 8.06. The second-order valence-electron chi connectivity index (χ2n) is 6.52. The molecule has 1 aromatic carbocycles. The smallest absolute Gasteiger partial charge is 0.0616 e. The second kappa shape index (κ2) is 7.10. The van der Waals surface area contributed by atoms with E-state index in [1.807, 2.05) is 18.2 Å². The molecule has 0 aliphatic carbocycles. The highest BCUT2D eigenvalue weighted by Crippen LogP contribution is 2.33. The molecule has 0 saturated carbocycles. The van der Waals surface area contributed by atoms with Crippen LogP contribution in [0.5, 0.6) is 0 Å². The summed E-state index contributed by atoms with van der Waals surface area (Å²) in [6.45, 7) is 6.75. The van der Waals surface area contributed by atoms with Gasteiger partial charge in [0.2, 0.25) is 0 Å². The van der Waals surface area contributed by atoms with Gasteiger partial charge < -0.3 is 10.5 Å². The molecule has 1 aliphatic rings. The van der Waals surface area contributed by atoms with Crippen LogP contribution in [0.25, 0.3) is 0 Å². The molecule has 2 atom stereocenters. The van der Waals surface area contributed by atoms with Gasteiger partial charge in [-0.05, 0) is 43.5 Å². The minimum Gasteiger partial charge on any atom is -0.378 e. The number of nitrogens with two attached hydrogens (primary N) is 1. The van der Waals surface area contributed by atoms with Crippen LogP contribution >= 0.6 is 11.6 Å². The third kappa shape index (κ3) is 3.98. The molecule has 0 amide bonds. The minimum atomic E-state index is 0.0233. The van der Waals surface area contributed by atoms with Crippen molar-refractivity contribution in [3.05, 3.63) is 34.9 Å². The van der Waals surface area contributed by atoms with Crippen LogP contribution < -0.4 is 5.73 Å². The summed E-state index contributed by atoms with van der Waals surface area (Å²) in [6.07, 6.45) is 2.28. The van der Waals surface area contributed by atoms with Crippen molar-refractivity contribution in [2.24, 2.45) is 11.7 Å². The maximum atomic E-state index is 6.16. The van der Waals surface area contributed by atoms with Gasteiger partial charge in [-0.25, -0.2) is 0 Å². The van der Waals surface area contributed by atoms with Gasteiger partial charge in [-0.15, -0.1) is 0 Å². The summed E-state index contributed by atoms with van der Waals surface area (Å²) < 4.78 is 5.91. The first kappa shape index (κ1) is 16.8. The van der Waals surface area contributed by atoms with E-state index in [9.17, 15) is 0 Å². The summed E-state index contributed by atoms with van der Waals surface area (Å²) in [7, 11) is 2.16. The highest BCUT2D eigenvalue weighted by Gasteiger charge is 2.40. The number of benzene rings is 1. The molecular formula is C17H27ClN2O. The molecule has 1 aromatic rings. The van der Waals surface area contributed by atoms with Crippen LogP contribution in [0.1, 0.15) is 32.3 Å². The van der Waals surface area contributed by atoms with Crippen molar-refractivity contribution >= 4 is 11.6 Å². The molecular weight excluding hydrogens is 284 g/mol. The molecule has 3 nitrogen and oxygen atoms in total. The van der Waals surface area contributed by atoms with E-state index in [1.54, 1.807) is 0 Å². The van der Waals surface area contributed by atoms with E-state index in [0.717, 1.165) is 31.0 Å². The highest BCUT2D eigenvalue weighted by molar-refractivity contribution is 6.30. The van der Waals surface area contributed by atoms with Crippen LogP contribution in [0.2, 0.25) is 5.02 Å².